The standard InChI is InChI=1S/C19H27N3O2.ClH/c1-13-6-8-16(9-7-13)22-12-15(10-18(22)23)19(24)21-17-5-3-2-4-14(17)11-20;/h6-9,14-15,17H,2-5,10-12,20H2,1H3,(H,21,24);1H. The normalized spacial score (nSPS) is 26.2. The van der Waals surface area contributed by atoms with E-state index in [1.54, 1.807) is 4.90 Å². The van der Waals surface area contributed by atoms with E-state index in [1.165, 1.54) is 6.42 Å². The van der Waals surface area contributed by atoms with Gasteiger partial charge in [0, 0.05) is 24.7 Å². The van der Waals surface area contributed by atoms with Crippen molar-refractivity contribution >= 4 is 29.9 Å². The number of halogens is 1. The number of amides is 2. The summed E-state index contributed by atoms with van der Waals surface area (Å²) < 4.78 is 0. The number of nitrogens with zero attached hydrogens (tertiary/aromatic N) is 1. The van der Waals surface area contributed by atoms with E-state index < -0.39 is 0 Å². The molecule has 0 radical (unpaired) electrons. The number of nitrogens with two attached hydrogens (primary N) is 1. The van der Waals surface area contributed by atoms with Crippen LogP contribution in [0.3, 0.4) is 0 Å². The van der Waals surface area contributed by atoms with Crippen molar-refractivity contribution in [3.63, 3.8) is 0 Å². The third-order valence-corrected chi connectivity index (χ3v) is 5.38. The molecule has 1 heterocycles. The molecule has 5 nitrogen and oxygen atoms in total. The van der Waals surface area contributed by atoms with Crippen LogP contribution in [0.5, 0.6) is 0 Å². The van der Waals surface area contributed by atoms with Crippen LogP contribution in [0.1, 0.15) is 37.7 Å². The first-order valence-electron chi connectivity index (χ1n) is 8.96. The first-order chi connectivity index (χ1) is 11.6. The smallest absolute Gasteiger partial charge is 0.227 e. The lowest BCUT2D eigenvalue weighted by Crippen LogP contribution is -2.47. The van der Waals surface area contributed by atoms with Crippen molar-refractivity contribution < 1.29 is 9.59 Å². The van der Waals surface area contributed by atoms with Crippen molar-refractivity contribution in [2.24, 2.45) is 17.6 Å². The maximum atomic E-state index is 12.6. The Morgan fingerprint density at radius 1 is 1.24 bits per heavy atom. The quantitative estimate of drug-likeness (QED) is 0.860. The van der Waals surface area contributed by atoms with Crippen LogP contribution in [0.15, 0.2) is 24.3 Å². The van der Waals surface area contributed by atoms with Gasteiger partial charge in [-0.05, 0) is 44.4 Å². The molecule has 0 bridgehead atoms. The summed E-state index contributed by atoms with van der Waals surface area (Å²) >= 11 is 0. The highest BCUT2D eigenvalue weighted by Crippen LogP contribution is 2.27. The van der Waals surface area contributed by atoms with E-state index in [4.69, 9.17) is 5.73 Å². The Balaban J connectivity index is 0.00000225. The Morgan fingerprint density at radius 3 is 2.60 bits per heavy atom. The molecule has 2 amide bonds. The number of carbonyl (C=O) groups excluding carboxylic acids is 2. The summed E-state index contributed by atoms with van der Waals surface area (Å²) in [7, 11) is 0. The second-order valence-electron chi connectivity index (χ2n) is 7.14. The van der Waals surface area contributed by atoms with Crippen molar-refractivity contribution in [3.8, 4) is 0 Å². The lowest BCUT2D eigenvalue weighted by molar-refractivity contribution is -0.127. The Labute approximate surface area is 155 Å². The van der Waals surface area contributed by atoms with Gasteiger partial charge >= 0.3 is 0 Å². The number of aryl methyl sites for hydroxylation is 1. The monoisotopic (exact) mass is 365 g/mol. The molecule has 0 aromatic heterocycles. The van der Waals surface area contributed by atoms with Crippen LogP contribution in [0.4, 0.5) is 5.69 Å². The number of carbonyl (C=O) groups is 2. The third kappa shape index (κ3) is 4.53. The van der Waals surface area contributed by atoms with Gasteiger partial charge in [0.2, 0.25) is 11.8 Å². The molecule has 3 N–H and O–H groups in total. The van der Waals surface area contributed by atoms with Gasteiger partial charge in [0.1, 0.15) is 0 Å². The van der Waals surface area contributed by atoms with E-state index in [2.05, 4.69) is 5.32 Å². The lowest BCUT2D eigenvalue weighted by Gasteiger charge is -2.32. The Bertz CT molecular complexity index is 605. The molecular formula is C19H28ClN3O2. The first-order valence-corrected chi connectivity index (χ1v) is 8.96. The average Bonchev–Trinajstić information content (AvgIpc) is 2.98. The SMILES string of the molecule is Cc1ccc(N2CC(C(=O)NC3CCCCC3CN)CC2=O)cc1.Cl. The van der Waals surface area contributed by atoms with Crippen LogP contribution >= 0.6 is 12.4 Å². The first kappa shape index (κ1) is 19.7. The molecular weight excluding hydrogens is 338 g/mol. The molecule has 1 saturated carbocycles. The Morgan fingerprint density at radius 2 is 1.92 bits per heavy atom. The number of benzene rings is 1. The molecule has 1 aromatic rings. The number of hydrogen-bond donors (Lipinski definition) is 2. The molecule has 2 aliphatic rings. The molecule has 138 valence electrons. The van der Waals surface area contributed by atoms with Gasteiger partial charge in [-0.15, -0.1) is 12.4 Å². The van der Waals surface area contributed by atoms with E-state index in [9.17, 15) is 9.59 Å². The van der Waals surface area contributed by atoms with E-state index in [1.807, 2.05) is 31.2 Å². The van der Waals surface area contributed by atoms with Crippen LogP contribution in [-0.4, -0.2) is 30.9 Å². The summed E-state index contributed by atoms with van der Waals surface area (Å²) in [6.07, 6.45) is 4.70. The zero-order valence-electron chi connectivity index (χ0n) is 14.7. The Kier molecular flexibility index (Phi) is 6.85. The fourth-order valence-electron chi connectivity index (χ4n) is 3.84. The zero-order chi connectivity index (χ0) is 17.1. The maximum Gasteiger partial charge on any atom is 0.227 e. The summed E-state index contributed by atoms with van der Waals surface area (Å²) in [5.41, 5.74) is 7.87. The van der Waals surface area contributed by atoms with Crippen LogP contribution in [0.25, 0.3) is 0 Å². The fraction of sp³-hybridized carbons (Fsp3) is 0.579. The molecule has 6 heteroatoms. The summed E-state index contributed by atoms with van der Waals surface area (Å²) in [5, 5.41) is 3.17. The number of anilines is 1. The molecule has 2 fully saturated rings. The van der Waals surface area contributed by atoms with Crippen LogP contribution in [0.2, 0.25) is 0 Å². The molecule has 1 saturated heterocycles. The van der Waals surface area contributed by atoms with E-state index >= 15 is 0 Å². The number of hydrogen-bond acceptors (Lipinski definition) is 3. The third-order valence-electron chi connectivity index (χ3n) is 5.38. The zero-order valence-corrected chi connectivity index (χ0v) is 15.6. The van der Waals surface area contributed by atoms with Crippen molar-refractivity contribution in [1.82, 2.24) is 5.32 Å². The van der Waals surface area contributed by atoms with Crippen LogP contribution in [0, 0.1) is 18.8 Å². The molecule has 3 rings (SSSR count). The predicted octanol–water partition coefficient (Wildman–Crippen LogP) is 2.40. The summed E-state index contributed by atoms with van der Waals surface area (Å²) in [4.78, 5) is 26.7. The summed E-state index contributed by atoms with van der Waals surface area (Å²) in [5.74, 6) is 0.133. The van der Waals surface area contributed by atoms with Gasteiger partial charge in [-0.3, -0.25) is 9.59 Å². The molecule has 3 unspecified atom stereocenters. The topological polar surface area (TPSA) is 75.4 Å². The van der Waals surface area contributed by atoms with Gasteiger partial charge in [0.25, 0.3) is 0 Å². The number of nitrogens with one attached hydrogen (secondary N) is 1. The molecule has 3 atom stereocenters. The van der Waals surface area contributed by atoms with Crippen molar-refractivity contribution in [2.45, 2.75) is 45.1 Å². The van der Waals surface area contributed by atoms with Gasteiger partial charge in [-0.1, -0.05) is 30.5 Å². The van der Waals surface area contributed by atoms with Gasteiger partial charge in [0.05, 0.1) is 5.92 Å². The largest absolute Gasteiger partial charge is 0.353 e. The number of rotatable bonds is 4. The highest BCUT2D eigenvalue weighted by molar-refractivity contribution is 6.00. The minimum atomic E-state index is -0.265. The van der Waals surface area contributed by atoms with Gasteiger partial charge in [0.15, 0.2) is 0 Å². The van der Waals surface area contributed by atoms with Gasteiger partial charge in [-0.25, -0.2) is 0 Å². The predicted molar refractivity (Wildman–Crippen MR) is 102 cm³/mol. The van der Waals surface area contributed by atoms with Crippen LogP contribution < -0.4 is 16.0 Å². The molecule has 1 aliphatic heterocycles. The second-order valence-corrected chi connectivity index (χ2v) is 7.14. The fourth-order valence-corrected chi connectivity index (χ4v) is 3.84. The van der Waals surface area contributed by atoms with E-state index in [0.717, 1.165) is 30.5 Å². The highest BCUT2D eigenvalue weighted by Gasteiger charge is 2.36. The van der Waals surface area contributed by atoms with E-state index in [-0.39, 0.29) is 36.2 Å². The summed E-state index contributed by atoms with van der Waals surface area (Å²) in [6, 6.07) is 8.03. The minimum absolute atomic E-state index is 0. The van der Waals surface area contributed by atoms with Crippen molar-refractivity contribution in [1.29, 1.82) is 0 Å². The Hall–Kier alpha value is -1.59. The maximum absolute atomic E-state index is 12.6. The van der Waals surface area contributed by atoms with Gasteiger partial charge in [-0.2, -0.15) is 0 Å². The van der Waals surface area contributed by atoms with Crippen LogP contribution in [-0.2, 0) is 9.59 Å². The summed E-state index contributed by atoms with van der Waals surface area (Å²) in [6.45, 7) is 3.10. The molecule has 1 aromatic carbocycles. The minimum Gasteiger partial charge on any atom is -0.353 e. The lowest BCUT2D eigenvalue weighted by atomic mass is 9.84. The molecule has 0 spiro atoms. The second kappa shape index (κ2) is 8.68. The average molecular weight is 366 g/mol. The van der Waals surface area contributed by atoms with Crippen molar-refractivity contribution in [2.75, 3.05) is 18.0 Å². The molecule has 1 aliphatic carbocycles. The van der Waals surface area contributed by atoms with E-state index in [0.29, 0.717) is 25.4 Å². The highest BCUT2D eigenvalue weighted by atomic mass is 35.5. The molecule has 25 heavy (non-hydrogen) atoms. The van der Waals surface area contributed by atoms with Crippen molar-refractivity contribution in [3.05, 3.63) is 29.8 Å². The van der Waals surface area contributed by atoms with Gasteiger partial charge < -0.3 is 16.0 Å².